The summed E-state index contributed by atoms with van der Waals surface area (Å²) in [5.41, 5.74) is 1.48. The molecule has 7 nitrogen and oxygen atoms in total. The molecular weight excluding hydrogens is 473 g/mol. The lowest BCUT2D eigenvalue weighted by atomic mass is 9.89. The maximum Gasteiger partial charge on any atom is 0.318 e. The van der Waals surface area contributed by atoms with Gasteiger partial charge in [0.05, 0.1) is 13.0 Å². The predicted octanol–water partition coefficient (Wildman–Crippen LogP) is 4.42. The molecular formula is C29H38FN3O4. The van der Waals surface area contributed by atoms with E-state index in [-0.39, 0.29) is 24.2 Å². The molecule has 37 heavy (non-hydrogen) atoms. The van der Waals surface area contributed by atoms with Crippen LogP contribution in [0.25, 0.3) is 0 Å². The van der Waals surface area contributed by atoms with Crippen molar-refractivity contribution in [3.63, 3.8) is 0 Å². The highest BCUT2D eigenvalue weighted by Gasteiger charge is 2.32. The lowest BCUT2D eigenvalue weighted by molar-refractivity contribution is -0.145. The topological polar surface area (TPSA) is 87.7 Å². The zero-order valence-electron chi connectivity index (χ0n) is 22.1. The number of urea groups is 1. The second kappa shape index (κ2) is 12.7. The summed E-state index contributed by atoms with van der Waals surface area (Å²) in [6.07, 6.45) is 2.27. The number of amides is 3. The third kappa shape index (κ3) is 8.30. The van der Waals surface area contributed by atoms with Crippen molar-refractivity contribution >= 4 is 17.9 Å². The fourth-order valence-electron chi connectivity index (χ4n) is 4.84. The number of rotatable bonds is 9. The molecule has 2 atom stereocenters. The van der Waals surface area contributed by atoms with Crippen molar-refractivity contribution in [3.05, 3.63) is 71.5 Å². The molecule has 0 radical (unpaired) electrons. The first kappa shape index (κ1) is 28.2. The second-order valence-corrected chi connectivity index (χ2v) is 10.5. The predicted molar refractivity (Wildman–Crippen MR) is 140 cm³/mol. The molecule has 2 N–H and O–H groups in total. The van der Waals surface area contributed by atoms with Crippen LogP contribution in [0.1, 0.15) is 57.1 Å². The average molecular weight is 512 g/mol. The van der Waals surface area contributed by atoms with E-state index in [0.29, 0.717) is 25.4 Å². The number of hydrogen-bond acceptors (Lipinski definition) is 4. The minimum absolute atomic E-state index is 0.108. The van der Waals surface area contributed by atoms with Gasteiger partial charge in [-0.1, -0.05) is 49.4 Å². The van der Waals surface area contributed by atoms with Crippen molar-refractivity contribution in [3.8, 4) is 0 Å². The molecule has 2 aromatic carbocycles. The number of carbonyl (C=O) groups is 3. The maximum atomic E-state index is 13.3. The normalized spacial score (nSPS) is 16.0. The number of likely N-dealkylation sites (tertiary alicyclic amines) is 1. The quantitative estimate of drug-likeness (QED) is 0.488. The van der Waals surface area contributed by atoms with Crippen molar-refractivity contribution in [2.24, 2.45) is 5.92 Å². The fraction of sp³-hybridized carbons (Fsp3) is 0.483. The van der Waals surface area contributed by atoms with E-state index in [1.807, 2.05) is 32.0 Å². The lowest BCUT2D eigenvalue weighted by Crippen LogP contribution is -2.57. The molecule has 1 fully saturated rings. The third-order valence-electron chi connectivity index (χ3n) is 6.88. The van der Waals surface area contributed by atoms with Gasteiger partial charge in [-0.25, -0.2) is 9.18 Å². The molecule has 1 saturated heterocycles. The van der Waals surface area contributed by atoms with Crippen LogP contribution in [0.3, 0.4) is 0 Å². The van der Waals surface area contributed by atoms with Crippen molar-refractivity contribution in [2.45, 2.75) is 64.0 Å². The molecule has 2 unspecified atom stereocenters. The average Bonchev–Trinajstić information content (AvgIpc) is 2.89. The van der Waals surface area contributed by atoms with Gasteiger partial charge in [-0.2, -0.15) is 0 Å². The van der Waals surface area contributed by atoms with Crippen LogP contribution in [-0.4, -0.2) is 54.6 Å². The minimum Gasteiger partial charge on any atom is -0.469 e. The van der Waals surface area contributed by atoms with Crippen molar-refractivity contribution in [2.75, 3.05) is 20.2 Å². The van der Waals surface area contributed by atoms with Gasteiger partial charge >= 0.3 is 12.0 Å². The van der Waals surface area contributed by atoms with Gasteiger partial charge in [0.1, 0.15) is 11.9 Å². The van der Waals surface area contributed by atoms with E-state index in [1.54, 1.807) is 24.0 Å². The number of esters is 1. The Kier molecular flexibility index (Phi) is 9.66. The van der Waals surface area contributed by atoms with E-state index in [2.05, 4.69) is 22.8 Å². The first-order valence-electron chi connectivity index (χ1n) is 12.8. The van der Waals surface area contributed by atoms with Crippen LogP contribution in [0.2, 0.25) is 0 Å². The molecule has 3 amide bonds. The van der Waals surface area contributed by atoms with E-state index in [1.165, 1.54) is 24.8 Å². The van der Waals surface area contributed by atoms with E-state index >= 15 is 0 Å². The van der Waals surface area contributed by atoms with Crippen LogP contribution >= 0.6 is 0 Å². The van der Waals surface area contributed by atoms with Crippen LogP contribution < -0.4 is 10.6 Å². The zero-order chi connectivity index (χ0) is 27.0. The number of hydrogen-bond donors (Lipinski definition) is 2. The Bertz CT molecular complexity index is 1050. The van der Waals surface area contributed by atoms with Gasteiger partial charge in [0.2, 0.25) is 5.91 Å². The van der Waals surface area contributed by atoms with E-state index in [9.17, 15) is 18.8 Å². The highest BCUT2D eigenvalue weighted by molar-refractivity contribution is 5.88. The molecule has 1 aliphatic rings. The molecule has 0 bridgehead atoms. The van der Waals surface area contributed by atoms with E-state index in [4.69, 9.17) is 4.74 Å². The van der Waals surface area contributed by atoms with Crippen LogP contribution in [0.4, 0.5) is 9.18 Å². The Morgan fingerprint density at radius 1 is 1.05 bits per heavy atom. The standard InChI is InChI=1S/C29H38FN3O4/c1-20(27(35)37-4)18-25(26(34)32-29(2,3)19-21-10-12-24(30)13-11-21)31-28(36)33-16-14-23(15-17-33)22-8-6-5-7-9-22/h5-13,20,23,25H,14-19H2,1-4H3,(H,31,36)(H,32,34). The van der Waals surface area contributed by atoms with Gasteiger partial charge in [0.25, 0.3) is 0 Å². The monoisotopic (exact) mass is 511 g/mol. The van der Waals surface area contributed by atoms with Crippen LogP contribution in [-0.2, 0) is 20.7 Å². The summed E-state index contributed by atoms with van der Waals surface area (Å²) < 4.78 is 18.1. The van der Waals surface area contributed by atoms with Gasteiger partial charge in [-0.05, 0) is 68.7 Å². The number of benzene rings is 2. The Balaban J connectivity index is 1.64. The number of halogens is 1. The van der Waals surface area contributed by atoms with Crippen LogP contribution in [0, 0.1) is 11.7 Å². The summed E-state index contributed by atoms with van der Waals surface area (Å²) in [4.78, 5) is 40.3. The van der Waals surface area contributed by atoms with Gasteiger partial charge < -0.3 is 20.3 Å². The molecule has 0 aliphatic carbocycles. The number of nitrogens with one attached hydrogen (secondary N) is 2. The molecule has 1 heterocycles. The van der Waals surface area contributed by atoms with E-state index in [0.717, 1.165) is 18.4 Å². The van der Waals surface area contributed by atoms with Gasteiger partial charge in [0, 0.05) is 18.6 Å². The number of nitrogens with zero attached hydrogens (tertiary/aromatic N) is 1. The first-order chi connectivity index (χ1) is 17.6. The third-order valence-corrected chi connectivity index (χ3v) is 6.88. The Morgan fingerprint density at radius 2 is 1.68 bits per heavy atom. The van der Waals surface area contributed by atoms with Crippen LogP contribution in [0.15, 0.2) is 54.6 Å². The number of methoxy groups -OCH3 is 1. The number of piperidine rings is 1. The lowest BCUT2D eigenvalue weighted by Gasteiger charge is -2.34. The Hall–Kier alpha value is -3.42. The minimum atomic E-state index is -0.916. The number of ether oxygens (including phenoxy) is 1. The largest absolute Gasteiger partial charge is 0.469 e. The molecule has 2 aromatic rings. The van der Waals surface area contributed by atoms with Crippen molar-refractivity contribution in [1.29, 1.82) is 0 Å². The summed E-state index contributed by atoms with van der Waals surface area (Å²) in [5.74, 6) is -1.32. The molecule has 0 aromatic heterocycles. The maximum absolute atomic E-state index is 13.3. The van der Waals surface area contributed by atoms with E-state index < -0.39 is 23.5 Å². The van der Waals surface area contributed by atoms with Gasteiger partial charge in [-0.15, -0.1) is 0 Å². The smallest absolute Gasteiger partial charge is 0.318 e. The fourth-order valence-corrected chi connectivity index (χ4v) is 4.84. The van der Waals surface area contributed by atoms with Crippen LogP contribution in [0.5, 0.6) is 0 Å². The molecule has 8 heteroatoms. The highest BCUT2D eigenvalue weighted by Crippen LogP contribution is 2.27. The summed E-state index contributed by atoms with van der Waals surface area (Å²) in [6.45, 7) is 6.58. The Morgan fingerprint density at radius 3 is 2.27 bits per heavy atom. The summed E-state index contributed by atoms with van der Waals surface area (Å²) in [7, 11) is 1.30. The molecule has 1 aliphatic heterocycles. The van der Waals surface area contributed by atoms with Gasteiger partial charge in [-0.3, -0.25) is 9.59 Å². The zero-order valence-corrected chi connectivity index (χ0v) is 22.1. The summed E-state index contributed by atoms with van der Waals surface area (Å²) in [5, 5.41) is 5.86. The number of carbonyl (C=O) groups excluding carboxylic acids is 3. The highest BCUT2D eigenvalue weighted by atomic mass is 19.1. The Labute approximate surface area is 218 Å². The SMILES string of the molecule is COC(=O)C(C)CC(NC(=O)N1CCC(c2ccccc2)CC1)C(=O)NC(C)(C)Cc1ccc(F)cc1. The van der Waals surface area contributed by atoms with Crippen molar-refractivity contribution in [1.82, 2.24) is 15.5 Å². The van der Waals surface area contributed by atoms with Crippen molar-refractivity contribution < 1.29 is 23.5 Å². The second-order valence-electron chi connectivity index (χ2n) is 10.5. The summed E-state index contributed by atoms with van der Waals surface area (Å²) >= 11 is 0. The molecule has 0 saturated carbocycles. The van der Waals surface area contributed by atoms with Gasteiger partial charge in [0.15, 0.2) is 0 Å². The summed E-state index contributed by atoms with van der Waals surface area (Å²) in [6, 6.07) is 15.2. The molecule has 3 rings (SSSR count). The first-order valence-corrected chi connectivity index (χ1v) is 12.8. The molecule has 200 valence electrons. The molecule has 0 spiro atoms.